The van der Waals surface area contributed by atoms with Crippen LogP contribution < -0.4 is 15.2 Å². The van der Waals surface area contributed by atoms with Gasteiger partial charge in [0, 0.05) is 18.2 Å². The first-order chi connectivity index (χ1) is 9.63. The van der Waals surface area contributed by atoms with Crippen LogP contribution in [0.3, 0.4) is 0 Å². The summed E-state index contributed by atoms with van der Waals surface area (Å²) in [6, 6.07) is 8.63. The number of hydrogen-bond donors (Lipinski definition) is 1. The van der Waals surface area contributed by atoms with Crippen LogP contribution in [0.25, 0.3) is 0 Å². The van der Waals surface area contributed by atoms with Gasteiger partial charge < -0.3 is 15.2 Å². The molecular weight excluding hydrogens is 264 g/mol. The van der Waals surface area contributed by atoms with Gasteiger partial charge in [0.25, 0.3) is 0 Å². The van der Waals surface area contributed by atoms with Crippen molar-refractivity contribution in [1.29, 1.82) is 0 Å². The summed E-state index contributed by atoms with van der Waals surface area (Å²) in [6.07, 6.45) is 0. The summed E-state index contributed by atoms with van der Waals surface area (Å²) in [5, 5.41) is 0. The van der Waals surface area contributed by atoms with E-state index in [1.54, 1.807) is 13.2 Å². The van der Waals surface area contributed by atoms with Gasteiger partial charge in [-0.25, -0.2) is 8.78 Å². The summed E-state index contributed by atoms with van der Waals surface area (Å²) in [7, 11) is 1.55. The lowest BCUT2D eigenvalue weighted by molar-refractivity contribution is 0.288. The lowest BCUT2D eigenvalue weighted by atomic mass is 10.1. The number of methoxy groups -OCH3 is 1. The molecule has 0 saturated carbocycles. The first-order valence-corrected chi connectivity index (χ1v) is 6.07. The summed E-state index contributed by atoms with van der Waals surface area (Å²) in [6.45, 7) is 0.528. The average molecular weight is 279 g/mol. The molecule has 0 saturated heterocycles. The Morgan fingerprint density at radius 3 is 2.50 bits per heavy atom. The molecule has 0 radical (unpaired) electrons. The molecular formula is C15H15F2NO2. The third-order valence-corrected chi connectivity index (χ3v) is 2.86. The Labute approximate surface area is 115 Å². The SMILES string of the molecule is COc1cc(COc2ccc(F)cc2F)ccc1CN. The number of hydrogen-bond acceptors (Lipinski definition) is 3. The van der Waals surface area contributed by atoms with E-state index in [-0.39, 0.29) is 12.4 Å². The number of benzene rings is 2. The molecule has 0 fully saturated rings. The van der Waals surface area contributed by atoms with Crippen molar-refractivity contribution < 1.29 is 18.3 Å². The van der Waals surface area contributed by atoms with E-state index in [2.05, 4.69) is 0 Å². The molecule has 3 nitrogen and oxygen atoms in total. The summed E-state index contributed by atoms with van der Waals surface area (Å²) in [4.78, 5) is 0. The minimum Gasteiger partial charge on any atom is -0.496 e. The quantitative estimate of drug-likeness (QED) is 0.915. The Balaban J connectivity index is 2.10. The lowest BCUT2D eigenvalue weighted by Crippen LogP contribution is -2.02. The third kappa shape index (κ3) is 3.24. The van der Waals surface area contributed by atoms with Crippen LogP contribution in [-0.2, 0) is 13.2 Å². The zero-order valence-electron chi connectivity index (χ0n) is 11.0. The van der Waals surface area contributed by atoms with Crippen LogP contribution in [0.15, 0.2) is 36.4 Å². The molecule has 0 aliphatic rings. The van der Waals surface area contributed by atoms with Crippen molar-refractivity contribution in [3.8, 4) is 11.5 Å². The molecule has 0 spiro atoms. The summed E-state index contributed by atoms with van der Waals surface area (Å²) in [5.41, 5.74) is 7.27. The highest BCUT2D eigenvalue weighted by atomic mass is 19.1. The van der Waals surface area contributed by atoms with Crippen molar-refractivity contribution >= 4 is 0 Å². The number of nitrogens with two attached hydrogens (primary N) is 1. The van der Waals surface area contributed by atoms with Crippen LogP contribution >= 0.6 is 0 Å². The predicted molar refractivity (Wildman–Crippen MR) is 71.6 cm³/mol. The fourth-order valence-electron chi connectivity index (χ4n) is 1.80. The fraction of sp³-hybridized carbons (Fsp3) is 0.200. The van der Waals surface area contributed by atoms with E-state index in [0.717, 1.165) is 23.3 Å². The maximum Gasteiger partial charge on any atom is 0.167 e. The Kier molecular flexibility index (Phi) is 4.53. The highest BCUT2D eigenvalue weighted by Gasteiger charge is 2.07. The Morgan fingerprint density at radius 2 is 1.85 bits per heavy atom. The van der Waals surface area contributed by atoms with Crippen molar-refractivity contribution in [1.82, 2.24) is 0 Å². The Bertz CT molecular complexity index is 602. The molecule has 0 bridgehead atoms. The van der Waals surface area contributed by atoms with Crippen LogP contribution in [0.2, 0.25) is 0 Å². The van der Waals surface area contributed by atoms with E-state index in [1.165, 1.54) is 6.07 Å². The van der Waals surface area contributed by atoms with Gasteiger partial charge in [-0.05, 0) is 23.8 Å². The van der Waals surface area contributed by atoms with E-state index in [0.29, 0.717) is 12.3 Å². The third-order valence-electron chi connectivity index (χ3n) is 2.86. The van der Waals surface area contributed by atoms with Crippen molar-refractivity contribution in [2.45, 2.75) is 13.2 Å². The maximum atomic E-state index is 13.4. The Hall–Kier alpha value is -2.14. The molecule has 0 aromatic heterocycles. The van der Waals surface area contributed by atoms with Crippen LogP contribution in [0.4, 0.5) is 8.78 Å². The van der Waals surface area contributed by atoms with Crippen LogP contribution in [0, 0.1) is 11.6 Å². The number of rotatable bonds is 5. The van der Waals surface area contributed by atoms with Crippen molar-refractivity contribution in [2.75, 3.05) is 7.11 Å². The standard InChI is InChI=1S/C15H15F2NO2/c1-19-15-6-10(2-3-11(15)8-18)9-20-14-5-4-12(16)7-13(14)17/h2-7H,8-9,18H2,1H3. The second kappa shape index (κ2) is 6.34. The molecule has 0 atom stereocenters. The molecule has 2 rings (SSSR count). The van der Waals surface area contributed by atoms with Gasteiger partial charge >= 0.3 is 0 Å². The molecule has 0 unspecified atom stereocenters. The molecule has 2 aromatic rings. The van der Waals surface area contributed by atoms with Crippen LogP contribution in [-0.4, -0.2) is 7.11 Å². The van der Waals surface area contributed by atoms with Crippen molar-refractivity contribution in [3.63, 3.8) is 0 Å². The maximum absolute atomic E-state index is 13.4. The smallest absolute Gasteiger partial charge is 0.167 e. The van der Waals surface area contributed by atoms with E-state index in [1.807, 2.05) is 12.1 Å². The molecule has 20 heavy (non-hydrogen) atoms. The van der Waals surface area contributed by atoms with Gasteiger partial charge in [-0.1, -0.05) is 12.1 Å². The van der Waals surface area contributed by atoms with Crippen LogP contribution in [0.5, 0.6) is 11.5 Å². The monoisotopic (exact) mass is 279 g/mol. The van der Waals surface area contributed by atoms with E-state index < -0.39 is 11.6 Å². The topological polar surface area (TPSA) is 44.5 Å². The number of halogens is 2. The van der Waals surface area contributed by atoms with Crippen LogP contribution in [0.1, 0.15) is 11.1 Å². The average Bonchev–Trinajstić information content (AvgIpc) is 2.46. The van der Waals surface area contributed by atoms with Crippen molar-refractivity contribution in [2.24, 2.45) is 5.73 Å². The molecule has 106 valence electrons. The first-order valence-electron chi connectivity index (χ1n) is 6.07. The molecule has 0 amide bonds. The number of ether oxygens (including phenoxy) is 2. The molecule has 0 aliphatic carbocycles. The predicted octanol–water partition coefficient (Wildman–Crippen LogP) is 3.01. The van der Waals surface area contributed by atoms with Gasteiger partial charge in [0.05, 0.1) is 7.11 Å². The molecule has 2 N–H and O–H groups in total. The van der Waals surface area contributed by atoms with Gasteiger partial charge in [-0.15, -0.1) is 0 Å². The summed E-state index contributed by atoms with van der Waals surface area (Å²) < 4.78 is 36.7. The zero-order chi connectivity index (χ0) is 14.5. The van der Waals surface area contributed by atoms with Gasteiger partial charge in [-0.2, -0.15) is 0 Å². The van der Waals surface area contributed by atoms with Gasteiger partial charge in [0.15, 0.2) is 11.6 Å². The second-order valence-corrected chi connectivity index (χ2v) is 4.21. The summed E-state index contributed by atoms with van der Waals surface area (Å²) >= 11 is 0. The van der Waals surface area contributed by atoms with E-state index >= 15 is 0 Å². The minimum atomic E-state index is -0.726. The highest BCUT2D eigenvalue weighted by Crippen LogP contribution is 2.22. The van der Waals surface area contributed by atoms with Gasteiger partial charge in [0.2, 0.25) is 0 Å². The van der Waals surface area contributed by atoms with E-state index in [9.17, 15) is 8.78 Å². The van der Waals surface area contributed by atoms with E-state index in [4.69, 9.17) is 15.2 Å². The minimum absolute atomic E-state index is 0.00766. The van der Waals surface area contributed by atoms with Gasteiger partial charge in [-0.3, -0.25) is 0 Å². The molecule has 2 aromatic carbocycles. The van der Waals surface area contributed by atoms with Crippen molar-refractivity contribution in [3.05, 3.63) is 59.2 Å². The lowest BCUT2D eigenvalue weighted by Gasteiger charge is -2.11. The molecule has 0 heterocycles. The molecule has 5 heteroatoms. The second-order valence-electron chi connectivity index (χ2n) is 4.21. The molecule has 0 aliphatic heterocycles. The fourth-order valence-corrected chi connectivity index (χ4v) is 1.80. The first kappa shape index (κ1) is 14.3. The highest BCUT2D eigenvalue weighted by molar-refractivity contribution is 5.37. The largest absolute Gasteiger partial charge is 0.496 e. The Morgan fingerprint density at radius 1 is 1.05 bits per heavy atom. The zero-order valence-corrected chi connectivity index (χ0v) is 11.0. The normalized spacial score (nSPS) is 10.4. The van der Waals surface area contributed by atoms with Gasteiger partial charge in [0.1, 0.15) is 18.2 Å². The summed E-state index contributed by atoms with van der Waals surface area (Å²) in [5.74, 6) is -0.694.